The van der Waals surface area contributed by atoms with E-state index in [1.54, 1.807) is 6.07 Å². The van der Waals surface area contributed by atoms with Crippen LogP contribution < -0.4 is 4.18 Å². The molecule has 0 spiro atoms. The topological polar surface area (TPSA) is 80.7 Å². The predicted octanol–water partition coefficient (Wildman–Crippen LogP) is 2.77. The molecule has 0 aliphatic heterocycles. The Morgan fingerprint density at radius 1 is 1.10 bits per heavy atom. The molecule has 2 rings (SSSR count). The molecule has 5 nitrogen and oxygen atoms in total. The van der Waals surface area contributed by atoms with Crippen molar-refractivity contribution >= 4 is 26.9 Å². The molecule has 9 heteroatoms. The van der Waals surface area contributed by atoms with E-state index in [0.717, 1.165) is 6.07 Å². The van der Waals surface area contributed by atoms with Crippen molar-refractivity contribution in [2.45, 2.75) is 5.51 Å². The van der Waals surface area contributed by atoms with Crippen LogP contribution in [0.5, 0.6) is 5.75 Å². The summed E-state index contributed by atoms with van der Waals surface area (Å²) in [4.78, 5) is 11.0. The zero-order valence-electron chi connectivity index (χ0n) is 10.1. The highest BCUT2D eigenvalue weighted by atomic mass is 32.2. The summed E-state index contributed by atoms with van der Waals surface area (Å²) in [5.74, 6) is -2.47. The first-order valence-electron chi connectivity index (χ1n) is 5.39. The SMILES string of the molecule is O=C(O)c1ccc2ccccc2c1OS(=O)(=O)C(F)(F)F. The van der Waals surface area contributed by atoms with Crippen molar-refractivity contribution < 1.29 is 35.7 Å². The molecule has 0 atom stereocenters. The predicted molar refractivity (Wildman–Crippen MR) is 66.5 cm³/mol. The quantitative estimate of drug-likeness (QED) is 0.695. The summed E-state index contributed by atoms with van der Waals surface area (Å²) in [7, 11) is -5.96. The van der Waals surface area contributed by atoms with Gasteiger partial charge in [-0.05, 0) is 11.5 Å². The molecule has 0 saturated carbocycles. The molecule has 0 aliphatic rings. The number of fused-ring (bicyclic) bond motifs is 1. The average molecular weight is 320 g/mol. The highest BCUT2D eigenvalue weighted by Crippen LogP contribution is 2.34. The molecule has 2 aromatic carbocycles. The van der Waals surface area contributed by atoms with Crippen molar-refractivity contribution in [1.82, 2.24) is 0 Å². The molecule has 0 aliphatic carbocycles. The number of carboxylic acids is 1. The van der Waals surface area contributed by atoms with Gasteiger partial charge in [0.05, 0.1) is 0 Å². The number of hydrogen-bond donors (Lipinski definition) is 1. The van der Waals surface area contributed by atoms with Crippen LogP contribution in [-0.4, -0.2) is 25.0 Å². The number of hydrogen-bond acceptors (Lipinski definition) is 4. The van der Waals surface area contributed by atoms with E-state index in [2.05, 4.69) is 4.18 Å². The van der Waals surface area contributed by atoms with Crippen LogP contribution in [0.3, 0.4) is 0 Å². The molecule has 2 aromatic rings. The molecule has 0 saturated heterocycles. The fourth-order valence-electron chi connectivity index (χ4n) is 1.66. The Labute approximate surface area is 116 Å². The zero-order valence-corrected chi connectivity index (χ0v) is 10.9. The smallest absolute Gasteiger partial charge is 0.478 e. The Balaban J connectivity index is 2.72. The van der Waals surface area contributed by atoms with Gasteiger partial charge in [-0.2, -0.15) is 21.6 Å². The fourth-order valence-corrected chi connectivity index (χ4v) is 2.15. The van der Waals surface area contributed by atoms with Crippen molar-refractivity contribution in [1.29, 1.82) is 0 Å². The third-order valence-corrected chi connectivity index (χ3v) is 3.54. The van der Waals surface area contributed by atoms with Crippen LogP contribution in [0.15, 0.2) is 36.4 Å². The van der Waals surface area contributed by atoms with Crippen LogP contribution in [0.2, 0.25) is 0 Å². The number of carboxylic acid groups (broad SMARTS) is 1. The fraction of sp³-hybridized carbons (Fsp3) is 0.0833. The summed E-state index contributed by atoms with van der Waals surface area (Å²) < 4.78 is 63.4. The van der Waals surface area contributed by atoms with Gasteiger partial charge in [0.15, 0.2) is 5.75 Å². The van der Waals surface area contributed by atoms with Crippen LogP contribution in [0.1, 0.15) is 10.4 Å². The first kappa shape index (κ1) is 15.1. The van der Waals surface area contributed by atoms with Gasteiger partial charge < -0.3 is 9.29 Å². The van der Waals surface area contributed by atoms with Crippen LogP contribution >= 0.6 is 0 Å². The van der Waals surface area contributed by atoms with Gasteiger partial charge in [-0.3, -0.25) is 0 Å². The van der Waals surface area contributed by atoms with Gasteiger partial charge in [-0.1, -0.05) is 30.3 Å². The lowest BCUT2D eigenvalue weighted by Crippen LogP contribution is -2.28. The number of carbonyl (C=O) groups is 1. The average Bonchev–Trinajstić information content (AvgIpc) is 2.37. The molecule has 0 radical (unpaired) electrons. The molecular formula is C12H7F3O5S. The first-order chi connectivity index (χ1) is 9.63. The minimum Gasteiger partial charge on any atom is -0.478 e. The van der Waals surface area contributed by atoms with Crippen molar-refractivity contribution in [2.24, 2.45) is 0 Å². The molecule has 0 amide bonds. The standard InChI is InChI=1S/C12H7F3O5S/c13-12(14,15)21(18,19)20-10-8-4-2-1-3-7(8)5-6-9(10)11(16)17/h1-6H,(H,16,17). The van der Waals surface area contributed by atoms with Gasteiger partial charge >= 0.3 is 21.6 Å². The number of benzene rings is 2. The van der Waals surface area contributed by atoms with Gasteiger partial charge in [0, 0.05) is 5.39 Å². The number of aromatic carboxylic acids is 1. The number of rotatable bonds is 3. The Morgan fingerprint density at radius 3 is 2.29 bits per heavy atom. The molecular weight excluding hydrogens is 313 g/mol. The Hall–Kier alpha value is -2.29. The van der Waals surface area contributed by atoms with E-state index < -0.39 is 32.9 Å². The highest BCUT2D eigenvalue weighted by Gasteiger charge is 2.49. The minimum absolute atomic E-state index is 0.0507. The molecule has 0 heterocycles. The summed E-state index contributed by atoms with van der Waals surface area (Å²) in [5, 5.41) is 9.26. The molecule has 21 heavy (non-hydrogen) atoms. The zero-order chi connectivity index (χ0) is 15.8. The second-order valence-corrected chi connectivity index (χ2v) is 5.49. The molecule has 0 fully saturated rings. The Morgan fingerprint density at radius 2 is 1.71 bits per heavy atom. The lowest BCUT2D eigenvalue weighted by atomic mass is 10.1. The van der Waals surface area contributed by atoms with Crippen LogP contribution in [0.25, 0.3) is 10.8 Å². The first-order valence-corrected chi connectivity index (χ1v) is 6.80. The molecule has 1 N–H and O–H groups in total. The van der Waals surface area contributed by atoms with E-state index in [1.807, 2.05) is 0 Å². The summed E-state index contributed by atoms with van der Waals surface area (Å²) in [6, 6.07) is 8.04. The highest BCUT2D eigenvalue weighted by molar-refractivity contribution is 7.88. The maximum atomic E-state index is 12.4. The Kier molecular flexibility index (Phi) is 3.54. The van der Waals surface area contributed by atoms with Gasteiger partial charge in [-0.25, -0.2) is 4.79 Å². The molecule has 0 unspecified atom stereocenters. The number of alkyl halides is 3. The monoisotopic (exact) mass is 320 g/mol. The summed E-state index contributed by atoms with van der Waals surface area (Å²) in [6.45, 7) is 0. The second-order valence-electron chi connectivity index (χ2n) is 3.95. The van der Waals surface area contributed by atoms with Crippen LogP contribution in [0.4, 0.5) is 13.2 Å². The van der Waals surface area contributed by atoms with E-state index in [9.17, 15) is 26.4 Å². The minimum atomic E-state index is -5.96. The number of halogens is 3. The molecule has 112 valence electrons. The van der Waals surface area contributed by atoms with Gasteiger partial charge in [0.2, 0.25) is 0 Å². The van der Waals surface area contributed by atoms with E-state index in [4.69, 9.17) is 5.11 Å². The summed E-state index contributed by atoms with van der Waals surface area (Å²) in [5.41, 5.74) is -6.33. The van der Waals surface area contributed by atoms with Gasteiger partial charge in [0.1, 0.15) is 5.56 Å². The summed E-state index contributed by atoms with van der Waals surface area (Å²) in [6.07, 6.45) is 0. The van der Waals surface area contributed by atoms with Crippen LogP contribution in [0, 0.1) is 0 Å². The van der Waals surface area contributed by atoms with E-state index in [1.165, 1.54) is 24.3 Å². The van der Waals surface area contributed by atoms with Crippen LogP contribution in [-0.2, 0) is 10.1 Å². The van der Waals surface area contributed by atoms with Gasteiger partial charge in [0.25, 0.3) is 0 Å². The third-order valence-electron chi connectivity index (χ3n) is 2.59. The van der Waals surface area contributed by atoms with Crippen molar-refractivity contribution in [3.05, 3.63) is 42.0 Å². The summed E-state index contributed by atoms with van der Waals surface area (Å²) >= 11 is 0. The lowest BCUT2D eigenvalue weighted by molar-refractivity contribution is -0.0500. The largest absolute Gasteiger partial charge is 0.534 e. The van der Waals surface area contributed by atoms with E-state index in [0.29, 0.717) is 5.39 Å². The maximum absolute atomic E-state index is 12.4. The third kappa shape index (κ3) is 2.77. The second kappa shape index (κ2) is 4.92. The molecule has 0 aromatic heterocycles. The Bertz CT molecular complexity index is 811. The normalized spacial score (nSPS) is 12.3. The lowest BCUT2D eigenvalue weighted by Gasteiger charge is -2.13. The van der Waals surface area contributed by atoms with Crippen molar-refractivity contribution in [3.8, 4) is 5.75 Å². The maximum Gasteiger partial charge on any atom is 0.534 e. The van der Waals surface area contributed by atoms with E-state index >= 15 is 0 Å². The van der Waals surface area contributed by atoms with E-state index in [-0.39, 0.29) is 5.39 Å². The van der Waals surface area contributed by atoms with Crippen molar-refractivity contribution in [2.75, 3.05) is 0 Å². The van der Waals surface area contributed by atoms with Crippen molar-refractivity contribution in [3.63, 3.8) is 0 Å². The molecule has 0 bridgehead atoms. The van der Waals surface area contributed by atoms with Gasteiger partial charge in [-0.15, -0.1) is 0 Å².